The van der Waals surface area contributed by atoms with Crippen molar-refractivity contribution in [3.63, 3.8) is 0 Å². The maximum atomic E-state index is 6.05. The molecule has 0 aromatic heterocycles. The van der Waals surface area contributed by atoms with E-state index in [0.29, 0.717) is 17.5 Å². The minimum absolute atomic E-state index is 0.429. The number of halogens is 1. The Hall–Kier alpha value is 0.210. The van der Waals surface area contributed by atoms with Crippen molar-refractivity contribution in [1.82, 2.24) is 5.32 Å². The molecule has 0 amide bonds. The van der Waals surface area contributed by atoms with Crippen LogP contribution in [0.4, 0.5) is 0 Å². The summed E-state index contributed by atoms with van der Waals surface area (Å²) >= 11 is 6.05. The van der Waals surface area contributed by atoms with Crippen LogP contribution in [0.1, 0.15) is 32.1 Å². The molecule has 1 heterocycles. The van der Waals surface area contributed by atoms with E-state index in [9.17, 15) is 0 Å². The van der Waals surface area contributed by atoms with Crippen LogP contribution < -0.4 is 5.32 Å². The largest absolute Gasteiger partial charge is 0.380 e. The SMILES string of the molecule is ClC1CCC(NC2CCOC2)CC1. The highest BCUT2D eigenvalue weighted by molar-refractivity contribution is 6.20. The van der Waals surface area contributed by atoms with Crippen LogP contribution in [-0.4, -0.2) is 30.7 Å². The lowest BCUT2D eigenvalue weighted by Gasteiger charge is -2.28. The van der Waals surface area contributed by atoms with Gasteiger partial charge in [-0.3, -0.25) is 0 Å². The van der Waals surface area contributed by atoms with E-state index >= 15 is 0 Å². The van der Waals surface area contributed by atoms with Crippen LogP contribution in [-0.2, 0) is 4.74 Å². The van der Waals surface area contributed by atoms with Crippen molar-refractivity contribution in [3.05, 3.63) is 0 Å². The molecule has 1 saturated heterocycles. The number of alkyl halides is 1. The van der Waals surface area contributed by atoms with Crippen LogP contribution in [0.15, 0.2) is 0 Å². The maximum absolute atomic E-state index is 6.05. The second-order valence-corrected chi connectivity index (χ2v) is 4.79. The van der Waals surface area contributed by atoms with Gasteiger partial charge in [0.05, 0.1) is 6.61 Å². The number of rotatable bonds is 2. The molecule has 13 heavy (non-hydrogen) atoms. The van der Waals surface area contributed by atoms with Gasteiger partial charge in [-0.1, -0.05) is 0 Å². The van der Waals surface area contributed by atoms with E-state index in [1.54, 1.807) is 0 Å². The van der Waals surface area contributed by atoms with Crippen LogP contribution in [0.25, 0.3) is 0 Å². The van der Waals surface area contributed by atoms with Crippen molar-refractivity contribution in [2.75, 3.05) is 13.2 Å². The van der Waals surface area contributed by atoms with Crippen molar-refractivity contribution in [2.45, 2.75) is 49.6 Å². The summed E-state index contributed by atoms with van der Waals surface area (Å²) in [5, 5.41) is 4.08. The molecule has 0 aromatic rings. The Balaban J connectivity index is 1.69. The van der Waals surface area contributed by atoms with Crippen molar-refractivity contribution in [3.8, 4) is 0 Å². The van der Waals surface area contributed by atoms with Gasteiger partial charge in [0.1, 0.15) is 0 Å². The van der Waals surface area contributed by atoms with Gasteiger partial charge < -0.3 is 10.1 Å². The van der Waals surface area contributed by atoms with Gasteiger partial charge in [-0.05, 0) is 32.1 Å². The van der Waals surface area contributed by atoms with Crippen molar-refractivity contribution in [2.24, 2.45) is 0 Å². The summed E-state index contributed by atoms with van der Waals surface area (Å²) in [6.07, 6.45) is 6.01. The van der Waals surface area contributed by atoms with Gasteiger partial charge in [-0.2, -0.15) is 0 Å². The lowest BCUT2D eigenvalue weighted by Crippen LogP contribution is -2.40. The molecule has 0 radical (unpaired) electrons. The summed E-state index contributed by atoms with van der Waals surface area (Å²) in [5.41, 5.74) is 0. The Bertz CT molecular complexity index is 151. The van der Waals surface area contributed by atoms with Crippen LogP contribution >= 0.6 is 11.6 Å². The molecule has 2 rings (SSSR count). The zero-order valence-corrected chi connectivity index (χ0v) is 8.72. The van der Waals surface area contributed by atoms with E-state index in [0.717, 1.165) is 13.2 Å². The molecule has 1 unspecified atom stereocenters. The molecular weight excluding hydrogens is 186 g/mol. The van der Waals surface area contributed by atoms with E-state index in [2.05, 4.69) is 5.32 Å². The highest BCUT2D eigenvalue weighted by Crippen LogP contribution is 2.23. The second kappa shape index (κ2) is 4.63. The summed E-state index contributed by atoms with van der Waals surface area (Å²) in [6, 6.07) is 1.30. The van der Waals surface area contributed by atoms with Gasteiger partial charge in [0.25, 0.3) is 0 Å². The fourth-order valence-corrected chi connectivity index (χ4v) is 2.47. The molecule has 0 aromatic carbocycles. The summed E-state index contributed by atoms with van der Waals surface area (Å²) < 4.78 is 5.33. The highest BCUT2D eigenvalue weighted by atomic mass is 35.5. The Morgan fingerprint density at radius 1 is 1.00 bits per heavy atom. The first-order chi connectivity index (χ1) is 6.34. The summed E-state index contributed by atoms with van der Waals surface area (Å²) in [5.74, 6) is 0. The molecular formula is C10H18ClNO. The van der Waals surface area contributed by atoms with Crippen molar-refractivity contribution in [1.29, 1.82) is 0 Å². The second-order valence-electron chi connectivity index (χ2n) is 4.18. The molecule has 2 nitrogen and oxygen atoms in total. The number of hydrogen-bond donors (Lipinski definition) is 1. The Morgan fingerprint density at radius 2 is 1.77 bits per heavy atom. The Labute approximate surface area is 85.0 Å². The third-order valence-electron chi connectivity index (χ3n) is 3.06. The van der Waals surface area contributed by atoms with Gasteiger partial charge in [-0.25, -0.2) is 0 Å². The average Bonchev–Trinajstić information content (AvgIpc) is 2.62. The van der Waals surface area contributed by atoms with E-state index in [1.165, 1.54) is 32.1 Å². The monoisotopic (exact) mass is 203 g/mol. The lowest BCUT2D eigenvalue weighted by molar-refractivity contribution is 0.186. The normalized spacial score (nSPS) is 40.8. The molecule has 0 bridgehead atoms. The van der Waals surface area contributed by atoms with Crippen molar-refractivity contribution >= 4 is 11.6 Å². The minimum atomic E-state index is 0.429. The first kappa shape index (κ1) is 9.75. The fraction of sp³-hybridized carbons (Fsp3) is 1.00. The summed E-state index contributed by atoms with van der Waals surface area (Å²) in [7, 11) is 0. The molecule has 1 saturated carbocycles. The Kier molecular flexibility index (Phi) is 3.47. The molecule has 2 fully saturated rings. The van der Waals surface area contributed by atoms with Crippen molar-refractivity contribution < 1.29 is 4.74 Å². The zero-order valence-electron chi connectivity index (χ0n) is 7.97. The van der Waals surface area contributed by atoms with Crippen LogP contribution in [0.2, 0.25) is 0 Å². The summed E-state index contributed by atoms with van der Waals surface area (Å²) in [4.78, 5) is 0. The van der Waals surface area contributed by atoms with Gasteiger partial charge in [0, 0.05) is 24.1 Å². The van der Waals surface area contributed by atoms with Gasteiger partial charge >= 0.3 is 0 Å². The quantitative estimate of drug-likeness (QED) is 0.693. The van der Waals surface area contributed by atoms with Gasteiger partial charge in [0.15, 0.2) is 0 Å². The molecule has 1 aliphatic heterocycles. The predicted molar refractivity (Wildman–Crippen MR) is 54.3 cm³/mol. The number of ether oxygens (including phenoxy) is 1. The lowest BCUT2D eigenvalue weighted by atomic mass is 9.94. The fourth-order valence-electron chi connectivity index (χ4n) is 2.22. The molecule has 2 aliphatic rings. The van der Waals surface area contributed by atoms with E-state index < -0.39 is 0 Å². The van der Waals surface area contributed by atoms with Crippen LogP contribution in [0.3, 0.4) is 0 Å². The molecule has 76 valence electrons. The molecule has 1 N–H and O–H groups in total. The first-order valence-corrected chi connectivity index (χ1v) is 5.76. The van der Waals surface area contributed by atoms with Crippen LogP contribution in [0.5, 0.6) is 0 Å². The minimum Gasteiger partial charge on any atom is -0.380 e. The van der Waals surface area contributed by atoms with Gasteiger partial charge in [0.2, 0.25) is 0 Å². The molecule has 0 spiro atoms. The maximum Gasteiger partial charge on any atom is 0.0620 e. The molecule has 3 heteroatoms. The molecule has 1 atom stereocenters. The molecule has 1 aliphatic carbocycles. The third kappa shape index (κ3) is 2.83. The van der Waals surface area contributed by atoms with Crippen LogP contribution in [0, 0.1) is 0 Å². The topological polar surface area (TPSA) is 21.3 Å². The highest BCUT2D eigenvalue weighted by Gasteiger charge is 2.23. The van der Waals surface area contributed by atoms with E-state index in [1.807, 2.05) is 0 Å². The number of nitrogens with one attached hydrogen (secondary N) is 1. The summed E-state index contributed by atoms with van der Waals surface area (Å²) in [6.45, 7) is 1.84. The Morgan fingerprint density at radius 3 is 2.38 bits per heavy atom. The van der Waals surface area contributed by atoms with E-state index in [-0.39, 0.29) is 0 Å². The third-order valence-corrected chi connectivity index (χ3v) is 3.49. The smallest absolute Gasteiger partial charge is 0.0620 e. The van der Waals surface area contributed by atoms with E-state index in [4.69, 9.17) is 16.3 Å². The van der Waals surface area contributed by atoms with Gasteiger partial charge in [-0.15, -0.1) is 11.6 Å². The standard InChI is InChI=1S/C10H18ClNO/c11-8-1-3-9(4-2-8)12-10-5-6-13-7-10/h8-10,12H,1-7H2. The zero-order chi connectivity index (χ0) is 9.10. The average molecular weight is 204 g/mol. The number of hydrogen-bond acceptors (Lipinski definition) is 2. The predicted octanol–water partition coefficient (Wildman–Crippen LogP) is 1.91. The first-order valence-electron chi connectivity index (χ1n) is 5.32.